The van der Waals surface area contributed by atoms with E-state index in [2.05, 4.69) is 20.8 Å². The lowest BCUT2D eigenvalue weighted by Gasteiger charge is -2.39. The molecule has 7 nitrogen and oxygen atoms in total. The highest BCUT2D eigenvalue weighted by Crippen LogP contribution is 2.45. The van der Waals surface area contributed by atoms with Crippen LogP contribution < -0.4 is 15.5 Å². The summed E-state index contributed by atoms with van der Waals surface area (Å²) in [5.41, 5.74) is 1.41. The first kappa shape index (κ1) is 23.0. The molecular weight excluding hydrogens is 429 g/mol. The second-order valence-electron chi connectivity index (χ2n) is 8.58. The van der Waals surface area contributed by atoms with E-state index >= 15 is 0 Å². The van der Waals surface area contributed by atoms with E-state index in [0.29, 0.717) is 36.1 Å². The maximum atomic E-state index is 12.5. The molecule has 0 fully saturated rings. The Morgan fingerprint density at radius 2 is 1.93 bits per heavy atom. The monoisotopic (exact) mass is 455 g/mol. The lowest BCUT2D eigenvalue weighted by Crippen LogP contribution is -2.35. The molecule has 0 spiro atoms. The van der Waals surface area contributed by atoms with Gasteiger partial charge in [0, 0.05) is 44.0 Å². The first-order valence-electron chi connectivity index (χ1n) is 9.70. The van der Waals surface area contributed by atoms with Crippen molar-refractivity contribution in [1.82, 2.24) is 4.57 Å². The molecule has 2 heterocycles. The fraction of sp³-hybridized carbons (Fsp3) is 0.476. The molecule has 9 heteroatoms. The van der Waals surface area contributed by atoms with E-state index in [1.807, 2.05) is 6.07 Å². The van der Waals surface area contributed by atoms with Gasteiger partial charge in [-0.25, -0.2) is 0 Å². The SMILES string of the molecule is COCCCOc1cc2c(cc1Cl)-c1cc(=O)c(P(=O)(O)O)cn1C(C(C)(C)C)C2. The van der Waals surface area contributed by atoms with Crippen molar-refractivity contribution in [3.05, 3.63) is 45.2 Å². The number of hydrogen-bond donors (Lipinski definition) is 2. The van der Waals surface area contributed by atoms with Gasteiger partial charge in [0.1, 0.15) is 11.1 Å². The van der Waals surface area contributed by atoms with Crippen LogP contribution in [0.5, 0.6) is 5.75 Å². The Balaban J connectivity index is 2.13. The van der Waals surface area contributed by atoms with Gasteiger partial charge in [0.2, 0.25) is 0 Å². The average molecular weight is 456 g/mol. The van der Waals surface area contributed by atoms with Crippen LogP contribution in [0, 0.1) is 5.41 Å². The fourth-order valence-corrected chi connectivity index (χ4v) is 4.60. The van der Waals surface area contributed by atoms with E-state index in [0.717, 1.165) is 17.5 Å². The molecular formula is C21H27ClNO6P. The van der Waals surface area contributed by atoms with Crippen LogP contribution in [0.2, 0.25) is 5.02 Å². The minimum absolute atomic E-state index is 0.117. The molecule has 1 atom stereocenters. The Morgan fingerprint density at radius 3 is 2.53 bits per heavy atom. The van der Waals surface area contributed by atoms with Crippen LogP contribution in [0.25, 0.3) is 11.3 Å². The minimum Gasteiger partial charge on any atom is -0.492 e. The quantitative estimate of drug-likeness (QED) is 0.511. The summed E-state index contributed by atoms with van der Waals surface area (Å²) in [5, 5.41) is -0.0772. The molecule has 0 bridgehead atoms. The second kappa shape index (κ2) is 8.48. The Bertz CT molecular complexity index is 1050. The number of fused-ring (bicyclic) bond motifs is 3. The van der Waals surface area contributed by atoms with Crippen LogP contribution in [-0.2, 0) is 15.7 Å². The van der Waals surface area contributed by atoms with Gasteiger partial charge in [-0.1, -0.05) is 32.4 Å². The first-order valence-corrected chi connectivity index (χ1v) is 11.7. The van der Waals surface area contributed by atoms with E-state index in [9.17, 15) is 19.1 Å². The normalized spacial score (nSPS) is 16.2. The van der Waals surface area contributed by atoms with Gasteiger partial charge in [0.25, 0.3) is 0 Å². The van der Waals surface area contributed by atoms with Gasteiger partial charge in [-0.3, -0.25) is 9.36 Å². The molecule has 164 valence electrons. The van der Waals surface area contributed by atoms with E-state index in [1.165, 1.54) is 12.3 Å². The fourth-order valence-electron chi connectivity index (χ4n) is 3.76. The Labute approximate surface area is 180 Å². The van der Waals surface area contributed by atoms with Crippen molar-refractivity contribution < 1.29 is 23.8 Å². The summed E-state index contributed by atoms with van der Waals surface area (Å²) in [6.07, 6.45) is 2.65. The number of methoxy groups -OCH3 is 1. The molecule has 1 aliphatic rings. The van der Waals surface area contributed by atoms with Gasteiger partial charge in [0.15, 0.2) is 5.43 Å². The summed E-state index contributed by atoms with van der Waals surface area (Å²) < 4.78 is 24.5. The van der Waals surface area contributed by atoms with Gasteiger partial charge in [-0.15, -0.1) is 0 Å². The van der Waals surface area contributed by atoms with E-state index in [1.54, 1.807) is 17.7 Å². The van der Waals surface area contributed by atoms with Crippen molar-refractivity contribution in [2.75, 3.05) is 20.3 Å². The molecule has 0 saturated heterocycles. The molecule has 0 aliphatic carbocycles. The third-order valence-electron chi connectivity index (χ3n) is 5.31. The third-order valence-corrected chi connectivity index (χ3v) is 6.57. The van der Waals surface area contributed by atoms with E-state index in [4.69, 9.17) is 21.1 Å². The smallest absolute Gasteiger partial charge is 0.361 e. The lowest BCUT2D eigenvalue weighted by molar-refractivity contribution is 0.172. The number of benzene rings is 1. The Morgan fingerprint density at radius 1 is 1.23 bits per heavy atom. The molecule has 0 amide bonds. The molecule has 2 aromatic rings. The molecule has 0 saturated carbocycles. The summed E-state index contributed by atoms with van der Waals surface area (Å²) in [6.45, 7) is 7.23. The van der Waals surface area contributed by atoms with Crippen molar-refractivity contribution in [3.8, 4) is 17.0 Å². The number of pyridine rings is 1. The topological polar surface area (TPSA) is 98.0 Å². The summed E-state index contributed by atoms with van der Waals surface area (Å²) in [7, 11) is -3.06. The number of ether oxygens (including phenoxy) is 2. The van der Waals surface area contributed by atoms with Crippen LogP contribution in [-0.4, -0.2) is 34.7 Å². The van der Waals surface area contributed by atoms with E-state index < -0.39 is 18.3 Å². The molecule has 2 N–H and O–H groups in total. The molecule has 30 heavy (non-hydrogen) atoms. The molecule has 1 aliphatic heterocycles. The van der Waals surface area contributed by atoms with Crippen LogP contribution >= 0.6 is 19.2 Å². The van der Waals surface area contributed by atoms with Crippen molar-refractivity contribution >= 4 is 24.5 Å². The summed E-state index contributed by atoms with van der Waals surface area (Å²) in [5.74, 6) is 0.571. The maximum absolute atomic E-state index is 12.5. The van der Waals surface area contributed by atoms with Gasteiger partial charge in [0.05, 0.1) is 17.3 Å². The molecule has 3 rings (SSSR count). The summed E-state index contributed by atoms with van der Waals surface area (Å²) in [6, 6.07) is 4.83. The highest BCUT2D eigenvalue weighted by Gasteiger charge is 2.35. The number of aromatic nitrogens is 1. The van der Waals surface area contributed by atoms with Crippen molar-refractivity contribution in [3.63, 3.8) is 0 Å². The second-order valence-corrected chi connectivity index (χ2v) is 10.6. The molecule has 1 aromatic heterocycles. The van der Waals surface area contributed by atoms with Gasteiger partial charge < -0.3 is 23.8 Å². The Kier molecular flexibility index (Phi) is 6.51. The molecule has 0 radical (unpaired) electrons. The van der Waals surface area contributed by atoms with Crippen LogP contribution in [0.3, 0.4) is 0 Å². The predicted molar refractivity (Wildman–Crippen MR) is 117 cm³/mol. The summed E-state index contributed by atoms with van der Waals surface area (Å²) >= 11 is 6.44. The zero-order valence-electron chi connectivity index (χ0n) is 17.5. The van der Waals surface area contributed by atoms with Crippen LogP contribution in [0.15, 0.2) is 29.2 Å². The zero-order chi connectivity index (χ0) is 22.3. The highest BCUT2D eigenvalue weighted by molar-refractivity contribution is 7.60. The van der Waals surface area contributed by atoms with Crippen molar-refractivity contribution in [2.45, 2.75) is 39.7 Å². The third kappa shape index (κ3) is 4.66. The molecule has 1 unspecified atom stereocenters. The van der Waals surface area contributed by atoms with Gasteiger partial charge >= 0.3 is 7.60 Å². The summed E-state index contributed by atoms with van der Waals surface area (Å²) in [4.78, 5) is 31.7. The van der Waals surface area contributed by atoms with E-state index in [-0.39, 0.29) is 11.5 Å². The maximum Gasteiger partial charge on any atom is 0.361 e. The minimum atomic E-state index is -4.69. The molecule has 1 aromatic carbocycles. The average Bonchev–Trinajstić information content (AvgIpc) is 2.63. The zero-order valence-corrected chi connectivity index (χ0v) is 19.2. The van der Waals surface area contributed by atoms with Gasteiger partial charge in [-0.05, 0) is 29.5 Å². The number of rotatable bonds is 6. The lowest BCUT2D eigenvalue weighted by atomic mass is 9.79. The van der Waals surface area contributed by atoms with Gasteiger partial charge in [-0.2, -0.15) is 0 Å². The predicted octanol–water partition coefficient (Wildman–Crippen LogP) is 3.53. The standard InChI is InChI=1S/C21H27ClNO6P/c1-21(2,3)20-9-13-8-18(29-7-5-6-28-4)15(22)10-14(13)16-11-17(24)19(12-23(16)20)30(25,26)27/h8,10-12,20H,5-7,9H2,1-4H3,(H2,25,26,27). The van der Waals surface area contributed by atoms with Crippen molar-refractivity contribution in [2.24, 2.45) is 5.41 Å². The van der Waals surface area contributed by atoms with Crippen LogP contribution in [0.4, 0.5) is 0 Å². The van der Waals surface area contributed by atoms with Crippen molar-refractivity contribution in [1.29, 1.82) is 0 Å². The first-order chi connectivity index (χ1) is 13.9. The highest BCUT2D eigenvalue weighted by atomic mass is 35.5. The number of nitrogens with zero attached hydrogens (tertiary/aromatic N) is 1. The number of halogens is 1. The number of hydrogen-bond acceptors (Lipinski definition) is 4. The van der Waals surface area contributed by atoms with Crippen LogP contribution in [0.1, 0.15) is 38.8 Å². The Hall–Kier alpha value is -1.63. The largest absolute Gasteiger partial charge is 0.492 e.